The van der Waals surface area contributed by atoms with Crippen LogP contribution in [-0.2, 0) is 14.3 Å². The molecule has 1 N–H and O–H groups in total. The Balaban J connectivity index is 2.85. The summed E-state index contributed by atoms with van der Waals surface area (Å²) in [5, 5.41) is 9.57. The van der Waals surface area contributed by atoms with Crippen molar-refractivity contribution in [2.24, 2.45) is 0 Å². The number of nitrogens with zero attached hydrogens (tertiary/aromatic N) is 1. The monoisotopic (exact) mass is 377 g/mol. The lowest BCUT2D eigenvalue weighted by Gasteiger charge is -2.28. The molecule has 1 atom stereocenters. The number of hydrogen-bond acceptors (Lipinski definition) is 5. The minimum atomic E-state index is -0.356. The van der Waals surface area contributed by atoms with Crippen LogP contribution >= 0.6 is 0 Å². The van der Waals surface area contributed by atoms with Gasteiger partial charge in [-0.3, -0.25) is 9.59 Å². The van der Waals surface area contributed by atoms with E-state index in [1.54, 1.807) is 13.0 Å². The highest BCUT2D eigenvalue weighted by Gasteiger charge is 2.21. The van der Waals surface area contributed by atoms with Crippen LogP contribution in [0.3, 0.4) is 0 Å². The van der Waals surface area contributed by atoms with Gasteiger partial charge in [-0.1, -0.05) is 19.1 Å². The zero-order valence-electron chi connectivity index (χ0n) is 16.7. The fourth-order valence-electron chi connectivity index (χ4n) is 2.59. The van der Waals surface area contributed by atoms with Crippen molar-refractivity contribution < 1.29 is 24.2 Å². The molecule has 150 valence electrons. The van der Waals surface area contributed by atoms with Gasteiger partial charge in [0.15, 0.2) is 0 Å². The Kier molecular flexibility index (Phi) is 10.2. The smallest absolute Gasteiger partial charge is 0.307 e. The van der Waals surface area contributed by atoms with Crippen LogP contribution in [0.2, 0.25) is 0 Å². The summed E-state index contributed by atoms with van der Waals surface area (Å²) >= 11 is 0. The van der Waals surface area contributed by atoms with E-state index in [1.165, 1.54) is 11.0 Å². The number of benzene rings is 1. The molecule has 0 aromatic heterocycles. The van der Waals surface area contributed by atoms with Crippen molar-refractivity contribution in [2.45, 2.75) is 52.7 Å². The summed E-state index contributed by atoms with van der Waals surface area (Å²) in [5.74, 6) is 0.126. The van der Waals surface area contributed by atoms with E-state index in [0.717, 1.165) is 11.3 Å². The molecule has 0 bridgehead atoms. The van der Waals surface area contributed by atoms with Crippen LogP contribution in [0.5, 0.6) is 5.75 Å². The van der Waals surface area contributed by atoms with E-state index in [-0.39, 0.29) is 43.6 Å². The average Bonchev–Trinajstić information content (AvgIpc) is 2.63. The van der Waals surface area contributed by atoms with Gasteiger partial charge in [0, 0.05) is 12.6 Å². The number of hydrogen-bond donors (Lipinski definition) is 1. The Labute approximate surface area is 161 Å². The number of amides is 1. The first kappa shape index (κ1) is 22.7. The summed E-state index contributed by atoms with van der Waals surface area (Å²) in [6.07, 6.45) is 3.92. The van der Waals surface area contributed by atoms with E-state index in [2.05, 4.69) is 0 Å². The summed E-state index contributed by atoms with van der Waals surface area (Å²) in [7, 11) is 0. The topological polar surface area (TPSA) is 76.1 Å². The summed E-state index contributed by atoms with van der Waals surface area (Å²) in [5.41, 5.74) is 0.837. The first-order valence-corrected chi connectivity index (χ1v) is 9.43. The molecule has 1 rings (SSSR count). The summed E-state index contributed by atoms with van der Waals surface area (Å²) in [6, 6.07) is 7.12. The minimum absolute atomic E-state index is 0.0686. The van der Waals surface area contributed by atoms with Gasteiger partial charge in [0.25, 0.3) is 0 Å². The molecule has 6 nitrogen and oxygen atoms in total. The van der Waals surface area contributed by atoms with Gasteiger partial charge >= 0.3 is 5.97 Å². The molecule has 0 aliphatic carbocycles. The highest BCUT2D eigenvalue weighted by atomic mass is 16.5. The third-order valence-electron chi connectivity index (χ3n) is 3.92. The van der Waals surface area contributed by atoms with Gasteiger partial charge in [0.1, 0.15) is 5.75 Å². The molecule has 0 heterocycles. The van der Waals surface area contributed by atoms with Crippen molar-refractivity contribution in [2.75, 3.05) is 19.8 Å². The molecule has 27 heavy (non-hydrogen) atoms. The highest BCUT2D eigenvalue weighted by Crippen LogP contribution is 2.16. The third kappa shape index (κ3) is 8.26. The molecule has 6 heteroatoms. The van der Waals surface area contributed by atoms with Crippen LogP contribution in [0.1, 0.15) is 46.1 Å². The summed E-state index contributed by atoms with van der Waals surface area (Å²) in [4.78, 5) is 25.8. The van der Waals surface area contributed by atoms with Gasteiger partial charge < -0.3 is 19.5 Å². The number of rotatable bonds is 11. The van der Waals surface area contributed by atoms with Gasteiger partial charge in [0.05, 0.1) is 31.8 Å². The number of carbonyl (C=O) groups is 2. The number of aliphatic hydroxyl groups is 1. The van der Waals surface area contributed by atoms with E-state index in [4.69, 9.17) is 9.47 Å². The molecule has 0 saturated carbocycles. The van der Waals surface area contributed by atoms with Crippen molar-refractivity contribution in [3.63, 3.8) is 0 Å². The maximum absolute atomic E-state index is 12.7. The molecule has 1 amide bonds. The van der Waals surface area contributed by atoms with Crippen LogP contribution in [0, 0.1) is 0 Å². The first-order valence-electron chi connectivity index (χ1n) is 9.43. The maximum Gasteiger partial charge on any atom is 0.307 e. The fourth-order valence-corrected chi connectivity index (χ4v) is 2.59. The molecular weight excluding hydrogens is 346 g/mol. The van der Waals surface area contributed by atoms with Crippen LogP contribution in [-0.4, -0.2) is 53.8 Å². The van der Waals surface area contributed by atoms with Crippen LogP contribution in [0.4, 0.5) is 0 Å². The van der Waals surface area contributed by atoms with Crippen molar-refractivity contribution in [1.29, 1.82) is 0 Å². The molecule has 0 aliphatic rings. The molecule has 0 aliphatic heterocycles. The Morgan fingerprint density at radius 2 is 2.00 bits per heavy atom. The largest absolute Gasteiger partial charge is 0.491 e. The van der Waals surface area contributed by atoms with E-state index in [1.807, 2.05) is 45.0 Å². The lowest BCUT2D eigenvalue weighted by molar-refractivity contribution is -0.144. The zero-order valence-corrected chi connectivity index (χ0v) is 16.7. The van der Waals surface area contributed by atoms with Crippen molar-refractivity contribution in [3.05, 3.63) is 35.9 Å². The number of ether oxygens (including phenoxy) is 2. The molecule has 0 fully saturated rings. The molecule has 0 radical (unpaired) electrons. The van der Waals surface area contributed by atoms with Crippen molar-refractivity contribution >= 4 is 18.0 Å². The van der Waals surface area contributed by atoms with Crippen LogP contribution < -0.4 is 4.74 Å². The van der Waals surface area contributed by atoms with Crippen LogP contribution in [0.25, 0.3) is 6.08 Å². The maximum atomic E-state index is 12.7. The normalized spacial score (nSPS) is 12.2. The third-order valence-corrected chi connectivity index (χ3v) is 3.92. The van der Waals surface area contributed by atoms with Crippen molar-refractivity contribution in [3.8, 4) is 5.75 Å². The summed E-state index contributed by atoms with van der Waals surface area (Å²) in [6.45, 7) is 7.89. The Morgan fingerprint density at radius 3 is 2.59 bits per heavy atom. The van der Waals surface area contributed by atoms with E-state index in [9.17, 15) is 14.7 Å². The van der Waals surface area contributed by atoms with Gasteiger partial charge in [-0.15, -0.1) is 0 Å². The van der Waals surface area contributed by atoms with E-state index in [0.29, 0.717) is 13.0 Å². The average molecular weight is 377 g/mol. The second-order valence-corrected chi connectivity index (χ2v) is 6.40. The Hall–Kier alpha value is -2.34. The number of esters is 1. The highest BCUT2D eigenvalue weighted by molar-refractivity contribution is 5.92. The molecule has 0 spiro atoms. The van der Waals surface area contributed by atoms with Crippen molar-refractivity contribution in [1.82, 2.24) is 4.90 Å². The van der Waals surface area contributed by atoms with E-state index >= 15 is 0 Å². The predicted molar refractivity (Wildman–Crippen MR) is 105 cm³/mol. The SMILES string of the molecule is CCOC(=O)CCN(C(=O)/C=C/c1cccc(OC(C)C)c1)C(CC)CO. The second-order valence-electron chi connectivity index (χ2n) is 6.40. The molecule has 0 saturated heterocycles. The van der Waals surface area contributed by atoms with Gasteiger partial charge in [-0.2, -0.15) is 0 Å². The second kappa shape index (κ2) is 12.1. The lowest BCUT2D eigenvalue weighted by atomic mass is 10.1. The first-order chi connectivity index (χ1) is 12.9. The van der Waals surface area contributed by atoms with Gasteiger partial charge in [-0.05, 0) is 51.0 Å². The summed E-state index contributed by atoms with van der Waals surface area (Å²) < 4.78 is 10.6. The fraction of sp³-hybridized carbons (Fsp3) is 0.524. The molecule has 1 aromatic rings. The predicted octanol–water partition coefficient (Wildman–Crippen LogP) is 3.04. The lowest BCUT2D eigenvalue weighted by Crippen LogP contribution is -2.42. The zero-order chi connectivity index (χ0) is 20.2. The van der Waals surface area contributed by atoms with E-state index < -0.39 is 0 Å². The van der Waals surface area contributed by atoms with Crippen LogP contribution in [0.15, 0.2) is 30.3 Å². The van der Waals surface area contributed by atoms with Gasteiger partial charge in [0.2, 0.25) is 5.91 Å². The number of aliphatic hydroxyl groups excluding tert-OH is 1. The molecule has 1 unspecified atom stereocenters. The quantitative estimate of drug-likeness (QED) is 0.474. The van der Waals surface area contributed by atoms with Gasteiger partial charge in [-0.25, -0.2) is 0 Å². The number of carbonyl (C=O) groups excluding carboxylic acids is 2. The minimum Gasteiger partial charge on any atom is -0.491 e. The molecular formula is C21H31NO5. The Morgan fingerprint density at radius 1 is 1.26 bits per heavy atom. The molecule has 1 aromatic carbocycles. The standard InChI is InChI=1S/C21H31NO5/c1-5-18(15-23)22(13-12-21(25)26-6-2)20(24)11-10-17-8-7-9-19(14-17)27-16(3)4/h7-11,14,16,18,23H,5-6,12-13,15H2,1-4H3/b11-10+. The Bertz CT molecular complexity index is 623.